The molecule has 0 fully saturated rings. The van der Waals surface area contributed by atoms with Gasteiger partial charge in [0, 0.05) is 6.42 Å². The monoisotopic (exact) mass is 254 g/mol. The third-order valence-corrected chi connectivity index (χ3v) is 0.498. The fraction of sp³-hybridized carbons (Fsp3) is 0.938. The number of rotatable bonds is 1. The van der Waals surface area contributed by atoms with E-state index in [0.29, 0.717) is 6.42 Å². The van der Waals surface area contributed by atoms with Crippen LogP contribution in [0.1, 0.15) is 104 Å². The molecule has 0 heterocycles. The van der Waals surface area contributed by atoms with Crippen molar-refractivity contribution < 1.29 is 4.79 Å². The minimum absolute atomic E-state index is 0. The number of hydrogen-bond donors (Lipinski definition) is 0. The van der Waals surface area contributed by atoms with E-state index in [-0.39, 0.29) is 20.6 Å². The van der Waals surface area contributed by atoms with Crippen LogP contribution >= 0.6 is 0 Å². The van der Waals surface area contributed by atoms with Gasteiger partial charge in [-0.15, -0.1) is 0 Å². The quantitative estimate of drug-likeness (QED) is 0.477. The summed E-state index contributed by atoms with van der Waals surface area (Å²) in [6, 6.07) is 0. The van der Waals surface area contributed by atoms with Gasteiger partial charge in [-0.2, -0.15) is 0 Å². The van der Waals surface area contributed by atoms with Crippen LogP contribution in [0.3, 0.4) is 0 Å². The molecule has 17 heavy (non-hydrogen) atoms. The molecule has 0 aliphatic heterocycles. The Morgan fingerprint density at radius 1 is 0.647 bits per heavy atom. The van der Waals surface area contributed by atoms with Crippen molar-refractivity contribution in [3.8, 4) is 0 Å². The van der Waals surface area contributed by atoms with Gasteiger partial charge in [-0.25, -0.2) is 0 Å². The van der Waals surface area contributed by atoms with Crippen molar-refractivity contribution in [3.05, 3.63) is 0 Å². The summed E-state index contributed by atoms with van der Waals surface area (Å²) >= 11 is 0. The van der Waals surface area contributed by atoms with E-state index < -0.39 is 0 Å². The summed E-state index contributed by atoms with van der Waals surface area (Å²) in [5.74, 6) is 0.255. The molecular formula is C16H46O. The Morgan fingerprint density at radius 3 is 0.706 bits per heavy atom. The Morgan fingerprint density at radius 2 is 0.706 bits per heavy atom. The van der Waals surface area contributed by atoms with E-state index in [1.165, 1.54) is 0 Å². The molecule has 1 nitrogen and oxygen atoms in total. The predicted molar refractivity (Wildman–Crippen MR) is 91.2 cm³/mol. The molecule has 0 aromatic heterocycles. The van der Waals surface area contributed by atoms with E-state index in [4.69, 9.17) is 0 Å². The first kappa shape index (κ1) is 54.5. The van der Waals surface area contributed by atoms with E-state index in [1.54, 1.807) is 6.92 Å². The molecule has 0 aromatic rings. The Bertz CT molecular complexity index is 40.8. The maximum atomic E-state index is 9.81. The van der Waals surface area contributed by atoms with Crippen molar-refractivity contribution in [3.63, 3.8) is 0 Å². The van der Waals surface area contributed by atoms with Crippen LogP contribution in [0, 0.1) is 0 Å². The summed E-state index contributed by atoms with van der Waals surface area (Å²) in [5.41, 5.74) is 0. The maximum Gasteiger partial charge on any atom is 0.129 e. The van der Waals surface area contributed by atoms with Gasteiger partial charge in [-0.3, -0.25) is 0 Å². The summed E-state index contributed by atoms with van der Waals surface area (Å²) in [5, 5.41) is 0. The average molecular weight is 255 g/mol. The molecule has 0 aromatic carbocycles. The molecule has 0 atom stereocenters. The first-order valence-corrected chi connectivity index (χ1v) is 6.76. The molecule has 0 amide bonds. The van der Waals surface area contributed by atoms with E-state index in [9.17, 15) is 4.79 Å². The van der Waals surface area contributed by atoms with Gasteiger partial charge in [0.15, 0.2) is 0 Å². The summed E-state index contributed by atoms with van der Waals surface area (Å²) in [4.78, 5) is 9.81. The number of ketones is 1. The second-order valence-electron chi connectivity index (χ2n) is 1.06. The van der Waals surface area contributed by atoms with Crippen LogP contribution < -0.4 is 0 Å². The molecule has 0 saturated carbocycles. The lowest BCUT2D eigenvalue weighted by Gasteiger charge is -1.71. The van der Waals surface area contributed by atoms with Crippen LogP contribution in [0.2, 0.25) is 0 Å². The van der Waals surface area contributed by atoms with Gasteiger partial charge in [0.2, 0.25) is 0 Å². The van der Waals surface area contributed by atoms with Crippen molar-refractivity contribution in [1.82, 2.24) is 0 Å². The average Bonchev–Trinajstić information content (AvgIpc) is 2.41. The molecular weight excluding hydrogens is 208 g/mol. The molecule has 0 unspecified atom stereocenters. The summed E-state index contributed by atoms with van der Waals surface area (Å²) in [7, 11) is 0. The lowest BCUT2D eigenvalue weighted by atomic mass is 10.4. The largest absolute Gasteiger partial charge is 0.300 e. The number of carbonyl (C=O) groups is 1. The molecule has 0 rings (SSSR count). The van der Waals surface area contributed by atoms with Gasteiger partial charge >= 0.3 is 0 Å². The zero-order valence-electron chi connectivity index (χ0n) is 13.6. The Balaban J connectivity index is -0.00000001000. The zero-order chi connectivity index (χ0) is 14.3. The van der Waals surface area contributed by atoms with Crippen molar-refractivity contribution in [2.75, 3.05) is 0 Å². The van der Waals surface area contributed by atoms with Crippen LogP contribution in [0.15, 0.2) is 0 Å². The van der Waals surface area contributed by atoms with E-state index >= 15 is 0 Å². The van der Waals surface area contributed by atoms with Gasteiger partial charge in [-0.1, -0.05) is 91.0 Å². The molecule has 1 heteroatoms. The molecule has 116 valence electrons. The second kappa shape index (κ2) is 250. The van der Waals surface area contributed by atoms with Crippen LogP contribution in [0.4, 0.5) is 0 Å². The van der Waals surface area contributed by atoms with Gasteiger partial charge in [0.05, 0.1) is 0 Å². The summed E-state index contributed by atoms with van der Waals surface area (Å²) < 4.78 is 0. The number of hydrogen-bond acceptors (Lipinski definition) is 1. The number of carbonyl (C=O) groups excluding carboxylic acids is 1. The highest BCUT2D eigenvalue weighted by atomic mass is 16.1. The van der Waals surface area contributed by atoms with Crippen LogP contribution in [-0.2, 0) is 4.79 Å². The van der Waals surface area contributed by atoms with E-state index in [0.717, 1.165) is 0 Å². The van der Waals surface area contributed by atoms with Gasteiger partial charge in [0.1, 0.15) is 5.78 Å². The normalized spacial score (nSPS) is 4.00. The topological polar surface area (TPSA) is 17.1 Å². The highest BCUT2D eigenvalue weighted by Gasteiger charge is 1.76. The molecule has 0 radical (unpaired) electrons. The molecule has 0 aliphatic carbocycles. The molecule has 0 bridgehead atoms. The third-order valence-electron chi connectivity index (χ3n) is 0.498. The van der Waals surface area contributed by atoms with Crippen LogP contribution in [0.5, 0.6) is 0 Å². The van der Waals surface area contributed by atoms with E-state index in [2.05, 4.69) is 0 Å². The minimum atomic E-state index is 0. The SMILES string of the molecule is C.C.CC.CC.CC.CC.CC.CCC(C)=O. The van der Waals surface area contributed by atoms with Crippen LogP contribution in [0.25, 0.3) is 0 Å². The number of Topliss-reactive ketones (excluding diaryl/α,β-unsaturated/α-hetero) is 1. The summed E-state index contributed by atoms with van der Waals surface area (Å²) in [6.45, 7) is 23.4. The Hall–Kier alpha value is -0.330. The fourth-order valence-electron chi connectivity index (χ4n) is 0. The highest BCUT2D eigenvalue weighted by molar-refractivity contribution is 5.74. The first-order chi connectivity index (χ1) is 7.27. The smallest absolute Gasteiger partial charge is 0.129 e. The standard InChI is InChI=1S/C4H8O.5C2H6.2CH4/c1-3-4(2)5;5*1-2;;/h3H2,1-2H3;5*1-2H3;2*1H4. The zero-order valence-corrected chi connectivity index (χ0v) is 13.6. The molecule has 0 N–H and O–H groups in total. The van der Waals surface area contributed by atoms with Crippen molar-refractivity contribution in [1.29, 1.82) is 0 Å². The third kappa shape index (κ3) is 1050. The fourth-order valence-corrected chi connectivity index (χ4v) is 0. The van der Waals surface area contributed by atoms with Gasteiger partial charge in [-0.05, 0) is 6.92 Å². The van der Waals surface area contributed by atoms with E-state index in [1.807, 2.05) is 76.2 Å². The second-order valence-corrected chi connectivity index (χ2v) is 1.06. The Kier molecular flexibility index (Phi) is 802. The first-order valence-electron chi connectivity index (χ1n) is 6.76. The van der Waals surface area contributed by atoms with Gasteiger partial charge < -0.3 is 4.79 Å². The van der Waals surface area contributed by atoms with Gasteiger partial charge in [0.25, 0.3) is 0 Å². The summed E-state index contributed by atoms with van der Waals surface area (Å²) in [6.07, 6.45) is 0.667. The highest BCUT2D eigenvalue weighted by Crippen LogP contribution is 1.71. The minimum Gasteiger partial charge on any atom is -0.300 e. The van der Waals surface area contributed by atoms with Crippen LogP contribution in [-0.4, -0.2) is 5.78 Å². The molecule has 0 saturated heterocycles. The maximum absolute atomic E-state index is 9.81. The van der Waals surface area contributed by atoms with Crippen molar-refractivity contribution in [2.24, 2.45) is 0 Å². The Labute approximate surface area is 115 Å². The molecule has 0 spiro atoms. The molecule has 0 aliphatic rings. The lowest BCUT2D eigenvalue weighted by Crippen LogP contribution is -1.80. The lowest BCUT2D eigenvalue weighted by molar-refractivity contribution is -0.116. The van der Waals surface area contributed by atoms with Crippen molar-refractivity contribution in [2.45, 2.75) is 104 Å². The predicted octanol–water partition coefficient (Wildman–Crippen LogP) is 7.39. The van der Waals surface area contributed by atoms with Crippen molar-refractivity contribution >= 4 is 5.78 Å².